The number of pyridine rings is 1. The average Bonchev–Trinajstić information content (AvgIpc) is 2.54. The number of nitro groups is 1. The van der Waals surface area contributed by atoms with Gasteiger partial charge in [0.1, 0.15) is 11.4 Å². The second kappa shape index (κ2) is 5.33. The minimum absolute atomic E-state index is 0.111. The lowest BCUT2D eigenvalue weighted by molar-refractivity contribution is -0.382. The van der Waals surface area contributed by atoms with Gasteiger partial charge < -0.3 is 9.72 Å². The van der Waals surface area contributed by atoms with Crippen LogP contribution >= 0.6 is 0 Å². The van der Waals surface area contributed by atoms with Crippen molar-refractivity contribution in [2.75, 3.05) is 7.11 Å². The van der Waals surface area contributed by atoms with Gasteiger partial charge in [-0.25, -0.2) is 0 Å². The molecule has 0 amide bonds. The van der Waals surface area contributed by atoms with E-state index in [2.05, 4.69) is 4.98 Å². The van der Waals surface area contributed by atoms with Crippen molar-refractivity contribution < 1.29 is 9.66 Å². The third-order valence-electron chi connectivity index (χ3n) is 3.46. The van der Waals surface area contributed by atoms with E-state index in [4.69, 9.17) is 4.74 Å². The first-order chi connectivity index (χ1) is 10.6. The molecule has 0 fully saturated rings. The highest BCUT2D eigenvalue weighted by atomic mass is 16.6. The number of ether oxygens (including phenoxy) is 1. The van der Waals surface area contributed by atoms with E-state index in [1.54, 1.807) is 48.5 Å². The average molecular weight is 296 g/mol. The molecule has 3 rings (SSSR count). The fourth-order valence-electron chi connectivity index (χ4n) is 2.42. The Balaban J connectivity index is 2.35. The Morgan fingerprint density at radius 3 is 2.27 bits per heavy atom. The van der Waals surface area contributed by atoms with E-state index >= 15 is 0 Å². The number of aromatic nitrogens is 1. The molecule has 6 nitrogen and oxygen atoms in total. The Kier molecular flexibility index (Phi) is 3.34. The highest BCUT2D eigenvalue weighted by Gasteiger charge is 2.22. The minimum atomic E-state index is -0.474. The molecule has 0 unspecified atom stereocenters. The molecule has 0 atom stereocenters. The Labute approximate surface area is 125 Å². The minimum Gasteiger partial charge on any atom is -0.497 e. The van der Waals surface area contributed by atoms with Gasteiger partial charge in [-0.1, -0.05) is 12.1 Å². The SMILES string of the molecule is COc1ccc(-c2[nH]c(=O)c3ccccc3c2[N+](=O)[O-])cc1. The molecule has 0 bridgehead atoms. The molecule has 0 aliphatic carbocycles. The molecule has 1 heterocycles. The van der Waals surface area contributed by atoms with Crippen LogP contribution in [0.25, 0.3) is 22.0 Å². The topological polar surface area (TPSA) is 85.2 Å². The van der Waals surface area contributed by atoms with Gasteiger partial charge in [0.2, 0.25) is 0 Å². The first kappa shape index (κ1) is 13.8. The lowest BCUT2D eigenvalue weighted by Gasteiger charge is -2.07. The highest BCUT2D eigenvalue weighted by Crippen LogP contribution is 2.33. The van der Waals surface area contributed by atoms with Gasteiger partial charge in [-0.15, -0.1) is 0 Å². The monoisotopic (exact) mass is 296 g/mol. The second-order valence-corrected chi connectivity index (χ2v) is 4.71. The van der Waals surface area contributed by atoms with E-state index in [1.165, 1.54) is 7.11 Å². The summed E-state index contributed by atoms with van der Waals surface area (Å²) in [6.07, 6.45) is 0. The number of hydrogen-bond acceptors (Lipinski definition) is 4. The number of H-pyrrole nitrogens is 1. The zero-order valence-corrected chi connectivity index (χ0v) is 11.7. The summed E-state index contributed by atoms with van der Waals surface area (Å²) in [4.78, 5) is 25.8. The summed E-state index contributed by atoms with van der Waals surface area (Å²) in [6, 6.07) is 13.2. The summed E-state index contributed by atoms with van der Waals surface area (Å²) in [5, 5.41) is 12.1. The maximum atomic E-state index is 12.2. The molecule has 0 radical (unpaired) electrons. The number of fused-ring (bicyclic) bond motifs is 1. The number of nitrogens with one attached hydrogen (secondary N) is 1. The molecule has 0 aliphatic rings. The first-order valence-corrected chi connectivity index (χ1v) is 6.55. The molecule has 1 aromatic heterocycles. The number of hydrogen-bond donors (Lipinski definition) is 1. The Bertz CT molecular complexity index is 914. The fraction of sp³-hybridized carbons (Fsp3) is 0.0625. The third kappa shape index (κ3) is 2.20. The predicted molar refractivity (Wildman–Crippen MR) is 83.2 cm³/mol. The van der Waals surface area contributed by atoms with E-state index in [0.717, 1.165) is 0 Å². The van der Waals surface area contributed by atoms with E-state index in [1.807, 2.05) is 0 Å². The van der Waals surface area contributed by atoms with Gasteiger partial charge in [0.05, 0.1) is 22.8 Å². The maximum absolute atomic E-state index is 12.2. The van der Waals surface area contributed by atoms with Gasteiger partial charge >= 0.3 is 5.69 Å². The summed E-state index contributed by atoms with van der Waals surface area (Å²) >= 11 is 0. The van der Waals surface area contributed by atoms with Gasteiger partial charge in [0.25, 0.3) is 5.56 Å². The number of rotatable bonds is 3. The summed E-state index contributed by atoms with van der Waals surface area (Å²) in [6.45, 7) is 0. The van der Waals surface area contributed by atoms with Crippen LogP contribution in [0.2, 0.25) is 0 Å². The van der Waals surface area contributed by atoms with Crippen LogP contribution in [0, 0.1) is 10.1 Å². The highest BCUT2D eigenvalue weighted by molar-refractivity contribution is 5.95. The van der Waals surface area contributed by atoms with Crippen molar-refractivity contribution in [3.8, 4) is 17.0 Å². The van der Waals surface area contributed by atoms with E-state index < -0.39 is 4.92 Å². The van der Waals surface area contributed by atoms with Gasteiger partial charge in [0, 0.05) is 5.56 Å². The molecule has 22 heavy (non-hydrogen) atoms. The number of aromatic amines is 1. The molecule has 0 spiro atoms. The van der Waals surface area contributed by atoms with Crippen LogP contribution in [-0.4, -0.2) is 17.0 Å². The summed E-state index contributed by atoms with van der Waals surface area (Å²) in [7, 11) is 1.54. The van der Waals surface area contributed by atoms with Gasteiger partial charge in [-0.2, -0.15) is 0 Å². The van der Waals surface area contributed by atoms with Crippen LogP contribution in [0.4, 0.5) is 5.69 Å². The van der Waals surface area contributed by atoms with Crippen molar-refractivity contribution in [1.82, 2.24) is 4.98 Å². The van der Waals surface area contributed by atoms with Crippen molar-refractivity contribution in [2.45, 2.75) is 0 Å². The lowest BCUT2D eigenvalue weighted by atomic mass is 10.0. The van der Waals surface area contributed by atoms with Crippen molar-refractivity contribution in [1.29, 1.82) is 0 Å². The summed E-state index contributed by atoms with van der Waals surface area (Å²) < 4.78 is 5.07. The first-order valence-electron chi connectivity index (χ1n) is 6.55. The van der Waals surface area contributed by atoms with Crippen molar-refractivity contribution in [3.05, 3.63) is 69.0 Å². The Morgan fingerprint density at radius 1 is 1.05 bits per heavy atom. The van der Waals surface area contributed by atoms with Crippen LogP contribution in [0.3, 0.4) is 0 Å². The molecular weight excluding hydrogens is 284 g/mol. The van der Waals surface area contributed by atoms with E-state index in [-0.39, 0.29) is 16.9 Å². The number of nitrogens with zero attached hydrogens (tertiary/aromatic N) is 1. The predicted octanol–water partition coefficient (Wildman–Crippen LogP) is 3.11. The number of methoxy groups -OCH3 is 1. The van der Waals surface area contributed by atoms with Crippen LogP contribution in [0.5, 0.6) is 5.75 Å². The van der Waals surface area contributed by atoms with Gasteiger partial charge in [-0.05, 0) is 36.4 Å². The molecular formula is C16H12N2O4. The normalized spacial score (nSPS) is 10.6. The molecule has 0 aliphatic heterocycles. The molecule has 0 saturated carbocycles. The van der Waals surface area contributed by atoms with Crippen LogP contribution in [-0.2, 0) is 0 Å². The molecule has 2 aromatic carbocycles. The second-order valence-electron chi connectivity index (χ2n) is 4.71. The summed E-state index contributed by atoms with van der Waals surface area (Å²) in [5.74, 6) is 0.634. The molecule has 1 N–H and O–H groups in total. The maximum Gasteiger partial charge on any atom is 0.301 e. The molecule has 0 saturated heterocycles. The van der Waals surface area contributed by atoms with Gasteiger partial charge in [0.15, 0.2) is 0 Å². The van der Waals surface area contributed by atoms with Crippen molar-refractivity contribution in [3.63, 3.8) is 0 Å². The van der Waals surface area contributed by atoms with Crippen LogP contribution in [0.15, 0.2) is 53.3 Å². The van der Waals surface area contributed by atoms with Gasteiger partial charge in [-0.3, -0.25) is 14.9 Å². The van der Waals surface area contributed by atoms with Crippen LogP contribution < -0.4 is 10.3 Å². The Hall–Kier alpha value is -3.15. The van der Waals surface area contributed by atoms with E-state index in [9.17, 15) is 14.9 Å². The fourth-order valence-corrected chi connectivity index (χ4v) is 2.42. The van der Waals surface area contributed by atoms with Crippen molar-refractivity contribution >= 4 is 16.5 Å². The summed E-state index contributed by atoms with van der Waals surface area (Å²) in [5.41, 5.74) is 0.277. The van der Waals surface area contributed by atoms with E-state index in [0.29, 0.717) is 22.1 Å². The van der Waals surface area contributed by atoms with Crippen molar-refractivity contribution in [2.24, 2.45) is 0 Å². The molecule has 110 valence electrons. The zero-order valence-electron chi connectivity index (χ0n) is 11.7. The zero-order chi connectivity index (χ0) is 15.7. The third-order valence-corrected chi connectivity index (χ3v) is 3.46. The number of benzene rings is 2. The Morgan fingerprint density at radius 2 is 1.68 bits per heavy atom. The standard InChI is InChI=1S/C16H12N2O4/c1-22-11-8-6-10(7-9-11)14-15(18(20)21)12-4-2-3-5-13(12)16(19)17-14/h2-9H,1H3,(H,17,19). The smallest absolute Gasteiger partial charge is 0.301 e. The molecule has 3 aromatic rings. The largest absolute Gasteiger partial charge is 0.497 e. The quantitative estimate of drug-likeness (QED) is 0.594. The molecule has 6 heteroatoms. The van der Waals surface area contributed by atoms with Crippen LogP contribution in [0.1, 0.15) is 0 Å². The lowest BCUT2D eigenvalue weighted by Crippen LogP contribution is -2.10.